The second-order valence-corrected chi connectivity index (χ2v) is 4.83. The van der Waals surface area contributed by atoms with Crippen molar-refractivity contribution in [1.82, 2.24) is 5.32 Å². The van der Waals surface area contributed by atoms with Crippen molar-refractivity contribution >= 4 is 11.8 Å². The Morgan fingerprint density at radius 3 is 2.22 bits per heavy atom. The average Bonchev–Trinajstić information content (AvgIpc) is 2.21. The molecule has 0 radical (unpaired) electrons. The minimum Gasteiger partial charge on any atom is -0.309 e. The minimum absolute atomic E-state index is 0.101. The van der Waals surface area contributed by atoms with Gasteiger partial charge in [-0.15, -0.1) is 0 Å². The van der Waals surface area contributed by atoms with Crippen molar-refractivity contribution < 1.29 is 22.0 Å². The van der Waals surface area contributed by atoms with Crippen molar-refractivity contribution in [2.45, 2.75) is 18.5 Å². The lowest BCUT2D eigenvalue weighted by Crippen LogP contribution is -2.22. The summed E-state index contributed by atoms with van der Waals surface area (Å²) in [6.07, 6.45) is 0. The lowest BCUT2D eigenvalue weighted by Gasteiger charge is -2.14. The van der Waals surface area contributed by atoms with Crippen LogP contribution in [0.15, 0.2) is 18.2 Å². The maximum absolute atomic E-state index is 12.9. The van der Waals surface area contributed by atoms with Crippen LogP contribution in [0.5, 0.6) is 0 Å². The first-order valence-corrected chi connectivity index (χ1v) is 6.16. The maximum atomic E-state index is 12.9. The first kappa shape index (κ1) is 15.2. The molecular weight excluding hydrogens is 273 g/mol. The zero-order valence-corrected chi connectivity index (χ0v) is 10.3. The Morgan fingerprint density at radius 2 is 1.72 bits per heavy atom. The fourth-order valence-corrected chi connectivity index (χ4v) is 1.84. The third kappa shape index (κ3) is 5.68. The van der Waals surface area contributed by atoms with Crippen molar-refractivity contribution in [3.8, 4) is 0 Å². The second kappa shape index (κ2) is 6.38. The third-order valence-corrected chi connectivity index (χ3v) is 2.94. The highest BCUT2D eigenvalue weighted by Gasteiger charge is 2.27. The average molecular weight is 285 g/mol. The van der Waals surface area contributed by atoms with Crippen LogP contribution in [-0.4, -0.2) is 17.8 Å². The number of halogens is 5. The Kier molecular flexibility index (Phi) is 5.40. The lowest BCUT2D eigenvalue weighted by atomic mass is 10.1. The van der Waals surface area contributed by atoms with E-state index in [1.807, 2.05) is 0 Å². The zero-order valence-electron chi connectivity index (χ0n) is 9.52. The van der Waals surface area contributed by atoms with Crippen LogP contribution >= 0.6 is 11.8 Å². The molecular formula is C11H12F5NS. The first-order chi connectivity index (χ1) is 8.28. The number of hydrogen-bond donors (Lipinski definition) is 1. The van der Waals surface area contributed by atoms with E-state index in [4.69, 9.17) is 0 Å². The molecule has 1 nitrogen and oxygen atoms in total. The number of hydrogen-bond acceptors (Lipinski definition) is 2. The summed E-state index contributed by atoms with van der Waals surface area (Å²) in [5, 5.41) is 2.77. The van der Waals surface area contributed by atoms with Gasteiger partial charge in [0.2, 0.25) is 0 Å². The molecule has 1 rings (SSSR count). The van der Waals surface area contributed by atoms with E-state index in [9.17, 15) is 22.0 Å². The Bertz CT molecular complexity index is 373. The van der Waals surface area contributed by atoms with Gasteiger partial charge in [0.05, 0.1) is 0 Å². The predicted octanol–water partition coefficient (Wildman–Crippen LogP) is 3.87. The quantitative estimate of drug-likeness (QED) is 0.651. The van der Waals surface area contributed by atoms with Crippen LogP contribution in [-0.2, 0) is 0 Å². The van der Waals surface area contributed by atoms with Crippen LogP contribution in [0.1, 0.15) is 18.5 Å². The van der Waals surface area contributed by atoms with Crippen molar-refractivity contribution in [2.24, 2.45) is 0 Å². The molecule has 102 valence electrons. The van der Waals surface area contributed by atoms with Gasteiger partial charge in [0.25, 0.3) is 0 Å². The fourth-order valence-electron chi connectivity index (χ4n) is 1.39. The van der Waals surface area contributed by atoms with Crippen molar-refractivity contribution in [3.05, 3.63) is 35.4 Å². The summed E-state index contributed by atoms with van der Waals surface area (Å²) in [7, 11) is 0. The van der Waals surface area contributed by atoms with Crippen LogP contribution in [0.2, 0.25) is 0 Å². The van der Waals surface area contributed by atoms with Crippen LogP contribution < -0.4 is 5.32 Å². The number of thioether (sulfide) groups is 1. The maximum Gasteiger partial charge on any atom is 0.441 e. The first-order valence-electron chi connectivity index (χ1n) is 5.18. The molecule has 0 amide bonds. The molecule has 0 aliphatic heterocycles. The van der Waals surface area contributed by atoms with Crippen LogP contribution in [0.4, 0.5) is 22.0 Å². The largest absolute Gasteiger partial charge is 0.441 e. The summed E-state index contributed by atoms with van der Waals surface area (Å²) in [5.74, 6) is -1.56. The van der Waals surface area contributed by atoms with Gasteiger partial charge in [0.1, 0.15) is 11.6 Å². The predicted molar refractivity (Wildman–Crippen MR) is 61.3 cm³/mol. The normalized spacial score (nSPS) is 13.7. The number of benzene rings is 1. The van der Waals surface area contributed by atoms with E-state index in [2.05, 4.69) is 5.32 Å². The standard InChI is InChI=1S/C11H12F5NS/c1-7(17-2-3-18-11(14,15)16)8-4-9(12)6-10(13)5-8/h4-7,17H,2-3H2,1H3. The molecule has 0 fully saturated rings. The van der Waals surface area contributed by atoms with Crippen LogP contribution in [0.25, 0.3) is 0 Å². The van der Waals surface area contributed by atoms with Gasteiger partial charge in [-0.3, -0.25) is 0 Å². The fraction of sp³-hybridized carbons (Fsp3) is 0.455. The summed E-state index contributed by atoms with van der Waals surface area (Å²) >= 11 is -0.134. The Hall–Kier alpha value is -0.820. The Balaban J connectivity index is 2.43. The molecule has 1 unspecified atom stereocenters. The van der Waals surface area contributed by atoms with Crippen molar-refractivity contribution in [1.29, 1.82) is 0 Å². The van der Waals surface area contributed by atoms with Gasteiger partial charge in [0, 0.05) is 24.4 Å². The lowest BCUT2D eigenvalue weighted by molar-refractivity contribution is -0.0327. The van der Waals surface area contributed by atoms with E-state index in [0.29, 0.717) is 5.56 Å². The van der Waals surface area contributed by atoms with Crippen molar-refractivity contribution in [2.75, 3.05) is 12.3 Å². The molecule has 0 saturated carbocycles. The highest BCUT2D eigenvalue weighted by Crippen LogP contribution is 2.29. The second-order valence-electron chi connectivity index (χ2n) is 3.67. The van der Waals surface area contributed by atoms with Crippen LogP contribution in [0, 0.1) is 11.6 Å². The Labute approximate surface area is 106 Å². The molecule has 1 N–H and O–H groups in total. The number of rotatable bonds is 5. The molecule has 18 heavy (non-hydrogen) atoms. The van der Waals surface area contributed by atoms with Gasteiger partial charge in [-0.25, -0.2) is 8.78 Å². The molecule has 0 bridgehead atoms. The zero-order chi connectivity index (χ0) is 13.8. The molecule has 1 aromatic carbocycles. The molecule has 0 aliphatic carbocycles. The summed E-state index contributed by atoms with van der Waals surface area (Å²) in [6, 6.07) is 2.63. The topological polar surface area (TPSA) is 12.0 Å². The van der Waals surface area contributed by atoms with Gasteiger partial charge in [-0.05, 0) is 36.4 Å². The molecule has 1 aromatic rings. The van der Waals surface area contributed by atoms with Gasteiger partial charge in [0.15, 0.2) is 0 Å². The molecule has 0 aliphatic rings. The Morgan fingerprint density at radius 1 is 1.17 bits per heavy atom. The smallest absolute Gasteiger partial charge is 0.309 e. The van der Waals surface area contributed by atoms with E-state index in [1.165, 1.54) is 0 Å². The molecule has 7 heteroatoms. The third-order valence-electron chi connectivity index (χ3n) is 2.20. The minimum atomic E-state index is -4.25. The molecule has 0 spiro atoms. The van der Waals surface area contributed by atoms with E-state index >= 15 is 0 Å². The van der Waals surface area contributed by atoms with Gasteiger partial charge in [-0.1, -0.05) is 0 Å². The summed E-state index contributed by atoms with van der Waals surface area (Å²) in [6.45, 7) is 1.73. The highest BCUT2D eigenvalue weighted by molar-refractivity contribution is 8.00. The number of alkyl halides is 3. The van der Waals surface area contributed by atoms with Gasteiger partial charge < -0.3 is 5.32 Å². The van der Waals surface area contributed by atoms with Crippen LogP contribution in [0.3, 0.4) is 0 Å². The van der Waals surface area contributed by atoms with E-state index < -0.39 is 23.2 Å². The molecule has 0 saturated heterocycles. The number of nitrogens with one attached hydrogen (secondary N) is 1. The van der Waals surface area contributed by atoms with E-state index in [-0.39, 0.29) is 24.1 Å². The molecule has 0 aromatic heterocycles. The SMILES string of the molecule is CC(NCCSC(F)(F)F)c1cc(F)cc(F)c1. The molecule has 0 heterocycles. The van der Waals surface area contributed by atoms with Gasteiger partial charge >= 0.3 is 5.51 Å². The van der Waals surface area contributed by atoms with Gasteiger partial charge in [-0.2, -0.15) is 13.2 Å². The van der Waals surface area contributed by atoms with E-state index in [1.54, 1.807) is 6.92 Å². The highest BCUT2D eigenvalue weighted by atomic mass is 32.2. The summed E-state index contributed by atoms with van der Waals surface area (Å²) in [4.78, 5) is 0. The summed E-state index contributed by atoms with van der Waals surface area (Å²) in [5.41, 5.74) is -3.89. The van der Waals surface area contributed by atoms with Crippen molar-refractivity contribution in [3.63, 3.8) is 0 Å². The van der Waals surface area contributed by atoms with E-state index in [0.717, 1.165) is 18.2 Å². The molecule has 1 atom stereocenters. The monoisotopic (exact) mass is 285 g/mol. The summed E-state index contributed by atoms with van der Waals surface area (Å²) < 4.78 is 61.4.